The lowest BCUT2D eigenvalue weighted by Gasteiger charge is -2.23. The van der Waals surface area contributed by atoms with E-state index in [-0.39, 0.29) is 0 Å². The quantitative estimate of drug-likeness (QED) is 0.364. The summed E-state index contributed by atoms with van der Waals surface area (Å²) < 4.78 is 7.63. The fraction of sp³-hybridized carbons (Fsp3) is 0.435. The number of thiophene rings is 1. The topological polar surface area (TPSA) is 67.6 Å². The molecule has 0 spiro atoms. The van der Waals surface area contributed by atoms with Crippen LogP contribution < -0.4 is 10.1 Å². The number of hydrogen-bond donors (Lipinski definition) is 1. The molecule has 0 aliphatic heterocycles. The van der Waals surface area contributed by atoms with Crippen molar-refractivity contribution in [2.75, 3.05) is 26.7 Å². The Balaban J connectivity index is 1.61. The molecule has 0 saturated heterocycles. The summed E-state index contributed by atoms with van der Waals surface area (Å²) in [6.45, 7) is 7.85. The summed E-state index contributed by atoms with van der Waals surface area (Å²) in [6.07, 6.45) is 3.61. The smallest absolute Gasteiger partial charge is 0.194 e. The first-order chi connectivity index (χ1) is 15.2. The highest BCUT2D eigenvalue weighted by molar-refractivity contribution is 7.09. The van der Waals surface area contributed by atoms with Gasteiger partial charge in [0.25, 0.3) is 0 Å². The first kappa shape index (κ1) is 22.8. The number of benzene rings is 1. The number of hydrogen-bond acceptors (Lipinski definition) is 5. The minimum absolute atomic E-state index is 0.677. The van der Waals surface area contributed by atoms with Crippen molar-refractivity contribution in [1.82, 2.24) is 25.0 Å². The van der Waals surface area contributed by atoms with Crippen LogP contribution in [0, 0.1) is 0 Å². The molecule has 31 heavy (non-hydrogen) atoms. The lowest BCUT2D eigenvalue weighted by Crippen LogP contribution is -2.40. The minimum Gasteiger partial charge on any atom is -0.494 e. The first-order valence-electron chi connectivity index (χ1n) is 10.8. The number of guanidine groups is 1. The number of nitrogens with zero attached hydrogens (tertiary/aromatic N) is 5. The summed E-state index contributed by atoms with van der Waals surface area (Å²) in [5.41, 5.74) is 1.21. The summed E-state index contributed by atoms with van der Waals surface area (Å²) in [4.78, 5) is 8.40. The van der Waals surface area contributed by atoms with Crippen molar-refractivity contribution in [3.05, 3.63) is 64.4 Å². The fourth-order valence-electron chi connectivity index (χ4n) is 3.27. The molecule has 8 heteroatoms. The zero-order valence-corrected chi connectivity index (χ0v) is 19.4. The largest absolute Gasteiger partial charge is 0.494 e. The number of rotatable bonds is 11. The third-order valence-corrected chi connectivity index (χ3v) is 5.80. The summed E-state index contributed by atoms with van der Waals surface area (Å²) in [5.74, 6) is 2.80. The van der Waals surface area contributed by atoms with E-state index in [9.17, 15) is 0 Å². The van der Waals surface area contributed by atoms with Gasteiger partial charge in [-0.3, -0.25) is 4.99 Å². The number of aliphatic imine (C=N–C) groups is 1. The van der Waals surface area contributed by atoms with Gasteiger partial charge in [-0.15, -0.1) is 21.5 Å². The molecule has 0 unspecified atom stereocenters. The van der Waals surface area contributed by atoms with Crippen molar-refractivity contribution < 1.29 is 4.74 Å². The van der Waals surface area contributed by atoms with Gasteiger partial charge in [0, 0.05) is 50.9 Å². The van der Waals surface area contributed by atoms with E-state index in [1.54, 1.807) is 17.7 Å². The SMILES string of the molecule is CCOc1ccc(CN(C)C(=NCCc2cccs2)NCCn2cnnc2CC)cc1. The van der Waals surface area contributed by atoms with Gasteiger partial charge < -0.3 is 19.5 Å². The average Bonchev–Trinajstić information content (AvgIpc) is 3.46. The van der Waals surface area contributed by atoms with Crippen LogP contribution in [0.3, 0.4) is 0 Å². The summed E-state index contributed by atoms with van der Waals surface area (Å²) >= 11 is 1.78. The van der Waals surface area contributed by atoms with Crippen molar-refractivity contribution in [1.29, 1.82) is 0 Å². The Morgan fingerprint density at radius 1 is 1.23 bits per heavy atom. The maximum atomic E-state index is 5.55. The van der Waals surface area contributed by atoms with Crippen LogP contribution in [0.2, 0.25) is 0 Å². The Morgan fingerprint density at radius 3 is 2.77 bits per heavy atom. The molecule has 0 radical (unpaired) electrons. The molecule has 0 amide bonds. The molecule has 1 aromatic carbocycles. The van der Waals surface area contributed by atoms with E-state index < -0.39 is 0 Å². The standard InChI is InChI=1S/C23H32N6OS/c1-4-22-27-26-18-29(22)15-14-25-23(24-13-12-21-7-6-16-31-21)28(3)17-19-8-10-20(11-9-19)30-5-2/h6-11,16,18H,4-5,12-15,17H2,1-3H3,(H,24,25). The maximum absolute atomic E-state index is 5.55. The monoisotopic (exact) mass is 440 g/mol. The Hall–Kier alpha value is -2.87. The van der Waals surface area contributed by atoms with Crippen LogP contribution in [0.1, 0.15) is 30.1 Å². The average molecular weight is 441 g/mol. The molecule has 3 rings (SSSR count). The zero-order chi connectivity index (χ0) is 21.9. The van der Waals surface area contributed by atoms with E-state index in [2.05, 4.69) is 68.6 Å². The molecule has 3 aromatic rings. The lowest BCUT2D eigenvalue weighted by atomic mass is 10.2. The molecule has 0 aliphatic rings. The van der Waals surface area contributed by atoms with Crippen LogP contribution in [0.25, 0.3) is 0 Å². The van der Waals surface area contributed by atoms with Crippen molar-refractivity contribution in [2.24, 2.45) is 4.99 Å². The maximum Gasteiger partial charge on any atom is 0.194 e. The molecule has 2 aromatic heterocycles. The van der Waals surface area contributed by atoms with Gasteiger partial charge in [-0.05, 0) is 36.1 Å². The van der Waals surface area contributed by atoms with Crippen LogP contribution in [-0.2, 0) is 25.9 Å². The molecular formula is C23H32N6OS. The van der Waals surface area contributed by atoms with Crippen LogP contribution in [0.4, 0.5) is 0 Å². The highest BCUT2D eigenvalue weighted by Gasteiger charge is 2.09. The number of nitrogens with one attached hydrogen (secondary N) is 1. The summed E-state index contributed by atoms with van der Waals surface area (Å²) in [6, 6.07) is 12.5. The molecule has 166 valence electrons. The summed E-state index contributed by atoms with van der Waals surface area (Å²) in [5, 5.41) is 13.8. The van der Waals surface area contributed by atoms with E-state index in [4.69, 9.17) is 9.73 Å². The second-order valence-electron chi connectivity index (χ2n) is 7.19. The zero-order valence-electron chi connectivity index (χ0n) is 18.6. The Kier molecular flexibility index (Phi) is 8.90. The van der Waals surface area contributed by atoms with Crippen LogP contribution in [0.15, 0.2) is 53.1 Å². The van der Waals surface area contributed by atoms with Crippen molar-refractivity contribution >= 4 is 17.3 Å². The number of aryl methyl sites for hydroxylation is 1. The van der Waals surface area contributed by atoms with Crippen LogP contribution >= 0.6 is 11.3 Å². The number of aromatic nitrogens is 3. The molecule has 0 aliphatic carbocycles. The van der Waals surface area contributed by atoms with Gasteiger partial charge in [-0.25, -0.2) is 0 Å². The molecule has 0 bridgehead atoms. The third kappa shape index (κ3) is 7.10. The lowest BCUT2D eigenvalue weighted by molar-refractivity contribution is 0.340. The van der Waals surface area contributed by atoms with E-state index in [1.165, 1.54) is 10.4 Å². The second-order valence-corrected chi connectivity index (χ2v) is 8.22. The van der Waals surface area contributed by atoms with Crippen molar-refractivity contribution in [2.45, 2.75) is 39.8 Å². The van der Waals surface area contributed by atoms with Gasteiger partial charge in [0.15, 0.2) is 5.96 Å². The molecule has 0 saturated carbocycles. The Labute approximate surface area is 188 Å². The van der Waals surface area contributed by atoms with E-state index in [0.717, 1.165) is 56.6 Å². The highest BCUT2D eigenvalue weighted by Crippen LogP contribution is 2.13. The van der Waals surface area contributed by atoms with Gasteiger partial charge in [0.2, 0.25) is 0 Å². The first-order valence-corrected chi connectivity index (χ1v) is 11.7. The highest BCUT2D eigenvalue weighted by atomic mass is 32.1. The Bertz CT molecular complexity index is 920. The molecule has 0 atom stereocenters. The molecule has 2 heterocycles. The van der Waals surface area contributed by atoms with Gasteiger partial charge in [0.1, 0.15) is 17.9 Å². The second kappa shape index (κ2) is 12.1. The van der Waals surface area contributed by atoms with E-state index in [1.807, 2.05) is 19.1 Å². The van der Waals surface area contributed by atoms with Crippen LogP contribution in [-0.4, -0.2) is 52.4 Å². The van der Waals surface area contributed by atoms with Gasteiger partial charge in [-0.2, -0.15) is 0 Å². The van der Waals surface area contributed by atoms with Gasteiger partial charge >= 0.3 is 0 Å². The van der Waals surface area contributed by atoms with Gasteiger partial charge in [-0.1, -0.05) is 25.1 Å². The van der Waals surface area contributed by atoms with Crippen LogP contribution in [0.5, 0.6) is 5.75 Å². The Morgan fingerprint density at radius 2 is 2.06 bits per heavy atom. The van der Waals surface area contributed by atoms with Gasteiger partial charge in [0.05, 0.1) is 6.61 Å². The molecule has 7 nitrogen and oxygen atoms in total. The third-order valence-electron chi connectivity index (χ3n) is 4.86. The molecule has 0 fully saturated rings. The predicted molar refractivity (Wildman–Crippen MR) is 127 cm³/mol. The fourth-order valence-corrected chi connectivity index (χ4v) is 3.97. The summed E-state index contributed by atoms with van der Waals surface area (Å²) in [7, 11) is 2.07. The van der Waals surface area contributed by atoms with Crippen molar-refractivity contribution in [3.8, 4) is 5.75 Å². The predicted octanol–water partition coefficient (Wildman–Crippen LogP) is 3.62. The molecule has 1 N–H and O–H groups in total. The van der Waals surface area contributed by atoms with Crippen molar-refractivity contribution in [3.63, 3.8) is 0 Å². The normalized spacial score (nSPS) is 11.5. The number of ether oxygens (including phenoxy) is 1. The van der Waals surface area contributed by atoms with E-state index in [0.29, 0.717) is 6.61 Å². The molecular weight excluding hydrogens is 408 g/mol. The minimum atomic E-state index is 0.677. The van der Waals surface area contributed by atoms with E-state index >= 15 is 0 Å².